The van der Waals surface area contributed by atoms with Crippen molar-refractivity contribution in [1.82, 2.24) is 0 Å². The van der Waals surface area contributed by atoms with Gasteiger partial charge in [-0.05, 0) is 55.3 Å². The number of rotatable bonds is 8. The number of carbonyl (C=O) groups excluding carboxylic acids is 1. The molecule has 1 heterocycles. The van der Waals surface area contributed by atoms with E-state index in [1.54, 1.807) is 24.3 Å². The fourth-order valence-corrected chi connectivity index (χ4v) is 3.16. The van der Waals surface area contributed by atoms with Gasteiger partial charge in [0.2, 0.25) is 5.90 Å². The van der Waals surface area contributed by atoms with Crippen molar-refractivity contribution < 1.29 is 19.0 Å². The van der Waals surface area contributed by atoms with Crippen molar-refractivity contribution in [2.75, 3.05) is 13.2 Å². The van der Waals surface area contributed by atoms with Crippen LogP contribution in [-0.4, -0.2) is 25.1 Å². The molecule has 0 bridgehead atoms. The van der Waals surface area contributed by atoms with Crippen LogP contribution in [0.4, 0.5) is 0 Å². The van der Waals surface area contributed by atoms with E-state index in [0.717, 1.165) is 18.4 Å². The zero-order chi connectivity index (χ0) is 20.8. The standard InChI is InChI=1S/C22H21Cl2NO4/c1-3-5-10-28-19-9-6-14(12-20(19)27-4-2)11-18-22(26)29-21(25-18)16-8-7-15(23)13-17(16)24/h6-9,11-13H,3-5,10H2,1-2H3/b18-11-. The quantitative estimate of drug-likeness (QED) is 0.294. The predicted octanol–water partition coefficient (Wildman–Crippen LogP) is 5.92. The van der Waals surface area contributed by atoms with Crippen molar-refractivity contribution >= 4 is 41.1 Å². The first-order chi connectivity index (χ1) is 14.0. The molecule has 7 heteroatoms. The van der Waals surface area contributed by atoms with Gasteiger partial charge in [-0.3, -0.25) is 0 Å². The molecule has 0 spiro atoms. The van der Waals surface area contributed by atoms with Gasteiger partial charge in [-0.1, -0.05) is 42.6 Å². The lowest BCUT2D eigenvalue weighted by molar-refractivity contribution is -0.129. The minimum Gasteiger partial charge on any atom is -0.490 e. The number of esters is 1. The molecule has 0 saturated heterocycles. The van der Waals surface area contributed by atoms with Gasteiger partial charge in [-0.25, -0.2) is 9.79 Å². The van der Waals surface area contributed by atoms with Crippen molar-refractivity contribution in [2.45, 2.75) is 26.7 Å². The molecule has 0 N–H and O–H groups in total. The first kappa shape index (κ1) is 21.2. The number of unbranched alkanes of at least 4 members (excludes halogenated alkanes) is 1. The molecule has 0 radical (unpaired) electrons. The molecular formula is C22H21Cl2NO4. The smallest absolute Gasteiger partial charge is 0.363 e. The monoisotopic (exact) mass is 433 g/mol. The Kier molecular flexibility index (Phi) is 7.18. The summed E-state index contributed by atoms with van der Waals surface area (Å²) < 4.78 is 16.7. The predicted molar refractivity (Wildman–Crippen MR) is 115 cm³/mol. The SMILES string of the molecule is CCCCOc1ccc(/C=C2\N=C(c3ccc(Cl)cc3Cl)OC2=O)cc1OCC. The Labute approximate surface area is 179 Å². The number of benzene rings is 2. The van der Waals surface area contributed by atoms with E-state index in [-0.39, 0.29) is 11.6 Å². The molecule has 0 amide bonds. The molecule has 2 aromatic carbocycles. The maximum Gasteiger partial charge on any atom is 0.363 e. The second-order valence-electron chi connectivity index (χ2n) is 6.30. The second-order valence-corrected chi connectivity index (χ2v) is 7.15. The molecule has 0 atom stereocenters. The molecule has 1 aliphatic heterocycles. The van der Waals surface area contributed by atoms with Crippen LogP contribution >= 0.6 is 23.2 Å². The number of aliphatic imine (C=N–C) groups is 1. The Hall–Kier alpha value is -2.50. The molecule has 3 rings (SSSR count). The molecular weight excluding hydrogens is 413 g/mol. The minimum absolute atomic E-state index is 0.146. The zero-order valence-corrected chi connectivity index (χ0v) is 17.7. The Bertz CT molecular complexity index is 969. The molecule has 5 nitrogen and oxygen atoms in total. The summed E-state index contributed by atoms with van der Waals surface area (Å²) in [6.07, 6.45) is 3.65. The van der Waals surface area contributed by atoms with Crippen LogP contribution in [0.2, 0.25) is 10.0 Å². The third-order valence-electron chi connectivity index (χ3n) is 4.11. The van der Waals surface area contributed by atoms with Crippen LogP contribution in [0.5, 0.6) is 11.5 Å². The van der Waals surface area contributed by atoms with Crippen molar-refractivity contribution in [1.29, 1.82) is 0 Å². The van der Waals surface area contributed by atoms with Gasteiger partial charge in [0.05, 0.1) is 23.8 Å². The van der Waals surface area contributed by atoms with E-state index in [4.69, 9.17) is 37.4 Å². The average molecular weight is 434 g/mol. The highest BCUT2D eigenvalue weighted by molar-refractivity contribution is 6.37. The fourth-order valence-electron chi connectivity index (χ4n) is 2.67. The van der Waals surface area contributed by atoms with E-state index in [9.17, 15) is 4.79 Å². The zero-order valence-electron chi connectivity index (χ0n) is 16.2. The first-order valence-corrected chi connectivity index (χ1v) is 10.1. The number of hydrogen-bond donors (Lipinski definition) is 0. The number of hydrogen-bond acceptors (Lipinski definition) is 5. The lowest BCUT2D eigenvalue weighted by Crippen LogP contribution is -2.06. The molecule has 2 aromatic rings. The summed E-state index contributed by atoms with van der Waals surface area (Å²) in [6, 6.07) is 10.4. The summed E-state index contributed by atoms with van der Waals surface area (Å²) >= 11 is 12.1. The third-order valence-corrected chi connectivity index (χ3v) is 4.66. The van der Waals surface area contributed by atoms with Gasteiger partial charge in [0.1, 0.15) is 0 Å². The number of ether oxygens (including phenoxy) is 3. The topological polar surface area (TPSA) is 57.1 Å². The van der Waals surface area contributed by atoms with E-state index in [1.165, 1.54) is 0 Å². The summed E-state index contributed by atoms with van der Waals surface area (Å²) in [7, 11) is 0. The van der Waals surface area contributed by atoms with Gasteiger partial charge >= 0.3 is 5.97 Å². The summed E-state index contributed by atoms with van der Waals surface area (Å²) in [5, 5.41) is 0.849. The Balaban J connectivity index is 1.87. The number of carbonyl (C=O) groups is 1. The van der Waals surface area contributed by atoms with E-state index < -0.39 is 5.97 Å². The van der Waals surface area contributed by atoms with E-state index in [0.29, 0.717) is 40.3 Å². The molecule has 152 valence electrons. The molecule has 0 unspecified atom stereocenters. The highest BCUT2D eigenvalue weighted by Crippen LogP contribution is 2.31. The molecule has 0 fully saturated rings. The van der Waals surface area contributed by atoms with Crippen LogP contribution in [0.15, 0.2) is 47.1 Å². The summed E-state index contributed by atoms with van der Waals surface area (Å²) in [5.74, 6) is 0.891. The Morgan fingerprint density at radius 2 is 1.90 bits per heavy atom. The molecule has 0 aromatic heterocycles. The van der Waals surface area contributed by atoms with Crippen LogP contribution in [0.1, 0.15) is 37.8 Å². The van der Waals surface area contributed by atoms with Crippen molar-refractivity contribution in [3.05, 3.63) is 63.3 Å². The van der Waals surface area contributed by atoms with Crippen LogP contribution in [0.3, 0.4) is 0 Å². The van der Waals surface area contributed by atoms with Gasteiger partial charge in [0, 0.05) is 5.02 Å². The number of halogens is 2. The minimum atomic E-state index is -0.549. The fraction of sp³-hybridized carbons (Fsp3) is 0.273. The largest absolute Gasteiger partial charge is 0.490 e. The van der Waals surface area contributed by atoms with Crippen LogP contribution < -0.4 is 9.47 Å². The number of nitrogens with zero attached hydrogens (tertiary/aromatic N) is 1. The third kappa shape index (κ3) is 5.31. The number of cyclic esters (lactones) is 1. The van der Waals surface area contributed by atoms with Crippen LogP contribution in [0, 0.1) is 0 Å². The van der Waals surface area contributed by atoms with Crippen molar-refractivity contribution in [3.63, 3.8) is 0 Å². The second kappa shape index (κ2) is 9.81. The lowest BCUT2D eigenvalue weighted by Gasteiger charge is -2.12. The summed E-state index contributed by atoms with van der Waals surface area (Å²) in [6.45, 7) is 5.14. The van der Waals surface area contributed by atoms with E-state index in [2.05, 4.69) is 11.9 Å². The van der Waals surface area contributed by atoms with Gasteiger partial charge in [-0.15, -0.1) is 0 Å². The van der Waals surface area contributed by atoms with Crippen LogP contribution in [-0.2, 0) is 9.53 Å². The van der Waals surface area contributed by atoms with Gasteiger partial charge in [0.15, 0.2) is 17.2 Å². The Morgan fingerprint density at radius 1 is 1.07 bits per heavy atom. The molecule has 0 saturated carbocycles. The average Bonchev–Trinajstić information content (AvgIpc) is 3.04. The summed E-state index contributed by atoms with van der Waals surface area (Å²) in [4.78, 5) is 16.6. The Morgan fingerprint density at radius 3 is 2.62 bits per heavy atom. The van der Waals surface area contributed by atoms with Crippen molar-refractivity contribution in [3.8, 4) is 11.5 Å². The lowest BCUT2D eigenvalue weighted by atomic mass is 10.1. The maximum atomic E-state index is 12.3. The van der Waals surface area contributed by atoms with Crippen LogP contribution in [0.25, 0.3) is 6.08 Å². The van der Waals surface area contributed by atoms with Gasteiger partial charge in [-0.2, -0.15) is 0 Å². The molecule has 29 heavy (non-hydrogen) atoms. The normalized spacial score (nSPS) is 14.7. The molecule has 0 aliphatic carbocycles. The van der Waals surface area contributed by atoms with Crippen molar-refractivity contribution in [2.24, 2.45) is 4.99 Å². The summed E-state index contributed by atoms with van der Waals surface area (Å²) in [5.41, 5.74) is 1.42. The van der Waals surface area contributed by atoms with Gasteiger partial charge < -0.3 is 14.2 Å². The maximum absolute atomic E-state index is 12.3. The highest BCUT2D eigenvalue weighted by atomic mass is 35.5. The first-order valence-electron chi connectivity index (χ1n) is 9.39. The van der Waals surface area contributed by atoms with E-state index in [1.807, 2.05) is 25.1 Å². The van der Waals surface area contributed by atoms with Gasteiger partial charge in [0.25, 0.3) is 0 Å². The molecule has 1 aliphatic rings. The highest BCUT2D eigenvalue weighted by Gasteiger charge is 2.25. The van der Waals surface area contributed by atoms with E-state index >= 15 is 0 Å².